The Kier molecular flexibility index (Phi) is 6.71. The van der Waals surface area contributed by atoms with Gasteiger partial charge in [-0.1, -0.05) is 30.5 Å². The third-order valence-electron chi connectivity index (χ3n) is 4.10. The van der Waals surface area contributed by atoms with Gasteiger partial charge in [-0.2, -0.15) is 0 Å². The van der Waals surface area contributed by atoms with Crippen LogP contribution in [0.15, 0.2) is 18.2 Å². The molecule has 0 spiro atoms. The second-order valence-electron chi connectivity index (χ2n) is 5.78. The number of carbonyl (C=O) groups excluding carboxylic acids is 2. The molecule has 0 radical (unpaired) electrons. The lowest BCUT2D eigenvalue weighted by Crippen LogP contribution is -2.35. The number of hydrogen-bond acceptors (Lipinski definition) is 3. The van der Waals surface area contributed by atoms with E-state index in [9.17, 15) is 9.59 Å². The molecule has 0 aliphatic heterocycles. The lowest BCUT2D eigenvalue weighted by atomic mass is 10.0. The van der Waals surface area contributed by atoms with Crippen LogP contribution < -0.4 is 15.4 Å². The SMILES string of the molecule is COc1cccc(Cl)c1C(=O)NCCNC(=O)CC1CCCC1. The number of hydrogen-bond donors (Lipinski definition) is 2. The van der Waals surface area contributed by atoms with Crippen LogP contribution in [-0.4, -0.2) is 32.0 Å². The average molecular weight is 339 g/mol. The lowest BCUT2D eigenvalue weighted by molar-refractivity contribution is -0.121. The Morgan fingerprint density at radius 1 is 1.22 bits per heavy atom. The molecule has 1 aromatic rings. The molecule has 1 aliphatic rings. The summed E-state index contributed by atoms with van der Waals surface area (Å²) < 4.78 is 5.15. The number of halogens is 1. The maximum Gasteiger partial charge on any atom is 0.256 e. The number of methoxy groups -OCH3 is 1. The molecular weight excluding hydrogens is 316 g/mol. The number of ether oxygens (including phenoxy) is 1. The molecule has 0 heterocycles. The van der Waals surface area contributed by atoms with Crippen LogP contribution in [0, 0.1) is 5.92 Å². The van der Waals surface area contributed by atoms with Gasteiger partial charge in [-0.3, -0.25) is 9.59 Å². The van der Waals surface area contributed by atoms with E-state index in [-0.39, 0.29) is 11.8 Å². The van der Waals surface area contributed by atoms with Crippen molar-refractivity contribution in [3.63, 3.8) is 0 Å². The number of benzene rings is 1. The Bertz CT molecular complexity index is 557. The van der Waals surface area contributed by atoms with E-state index in [0.717, 1.165) is 12.8 Å². The number of amides is 2. The zero-order chi connectivity index (χ0) is 16.7. The van der Waals surface area contributed by atoms with Gasteiger partial charge in [-0.05, 0) is 30.9 Å². The van der Waals surface area contributed by atoms with Gasteiger partial charge < -0.3 is 15.4 Å². The summed E-state index contributed by atoms with van der Waals surface area (Å²) in [5.41, 5.74) is 0.314. The summed E-state index contributed by atoms with van der Waals surface area (Å²) in [6.45, 7) is 0.758. The minimum atomic E-state index is -0.308. The van der Waals surface area contributed by atoms with Crippen molar-refractivity contribution in [2.24, 2.45) is 5.92 Å². The van der Waals surface area contributed by atoms with E-state index in [4.69, 9.17) is 16.3 Å². The lowest BCUT2D eigenvalue weighted by Gasteiger charge is -2.12. The van der Waals surface area contributed by atoms with E-state index in [0.29, 0.717) is 41.8 Å². The summed E-state index contributed by atoms with van der Waals surface area (Å²) in [7, 11) is 1.49. The number of carbonyl (C=O) groups is 2. The minimum absolute atomic E-state index is 0.0569. The molecule has 2 amide bonds. The average Bonchev–Trinajstić information content (AvgIpc) is 3.03. The van der Waals surface area contributed by atoms with E-state index in [2.05, 4.69) is 10.6 Å². The molecule has 6 heteroatoms. The van der Waals surface area contributed by atoms with Gasteiger partial charge in [0.15, 0.2) is 0 Å². The molecular formula is C17H23ClN2O3. The van der Waals surface area contributed by atoms with E-state index in [1.54, 1.807) is 18.2 Å². The van der Waals surface area contributed by atoms with Gasteiger partial charge in [0.25, 0.3) is 5.91 Å². The second kappa shape index (κ2) is 8.77. The molecule has 1 aliphatic carbocycles. The highest BCUT2D eigenvalue weighted by atomic mass is 35.5. The quantitative estimate of drug-likeness (QED) is 0.751. The highest BCUT2D eigenvalue weighted by molar-refractivity contribution is 6.34. The number of rotatable bonds is 7. The Labute approximate surface area is 141 Å². The van der Waals surface area contributed by atoms with Crippen LogP contribution in [0.1, 0.15) is 42.5 Å². The van der Waals surface area contributed by atoms with Crippen LogP contribution >= 0.6 is 11.6 Å². The van der Waals surface area contributed by atoms with E-state index >= 15 is 0 Å². The fraction of sp³-hybridized carbons (Fsp3) is 0.529. The molecule has 1 saturated carbocycles. The molecule has 2 N–H and O–H groups in total. The van der Waals surface area contributed by atoms with Gasteiger partial charge in [0.2, 0.25) is 5.91 Å². The topological polar surface area (TPSA) is 67.4 Å². The standard InChI is InChI=1S/C17H23ClN2O3/c1-23-14-8-4-7-13(18)16(14)17(22)20-10-9-19-15(21)11-12-5-2-3-6-12/h4,7-8,12H,2-3,5-6,9-11H2,1H3,(H,19,21)(H,20,22). The fourth-order valence-corrected chi connectivity index (χ4v) is 3.16. The Morgan fingerprint density at radius 3 is 2.61 bits per heavy atom. The zero-order valence-corrected chi connectivity index (χ0v) is 14.1. The van der Waals surface area contributed by atoms with Crippen molar-refractivity contribution in [2.45, 2.75) is 32.1 Å². The third-order valence-corrected chi connectivity index (χ3v) is 4.42. The zero-order valence-electron chi connectivity index (χ0n) is 13.4. The van der Waals surface area contributed by atoms with Gasteiger partial charge in [0.05, 0.1) is 17.7 Å². The molecule has 0 unspecified atom stereocenters. The molecule has 0 aromatic heterocycles. The van der Waals surface area contributed by atoms with Crippen LogP contribution in [0.25, 0.3) is 0 Å². The van der Waals surface area contributed by atoms with Crippen LogP contribution in [0.3, 0.4) is 0 Å². The first-order chi connectivity index (χ1) is 11.1. The highest BCUT2D eigenvalue weighted by Crippen LogP contribution is 2.27. The van der Waals surface area contributed by atoms with Crippen molar-refractivity contribution in [1.82, 2.24) is 10.6 Å². The van der Waals surface area contributed by atoms with Crippen molar-refractivity contribution in [3.8, 4) is 5.75 Å². The van der Waals surface area contributed by atoms with Gasteiger partial charge in [0, 0.05) is 19.5 Å². The van der Waals surface area contributed by atoms with Crippen molar-refractivity contribution < 1.29 is 14.3 Å². The summed E-state index contributed by atoms with van der Waals surface area (Å²) in [6.07, 6.45) is 5.35. The maximum atomic E-state index is 12.2. The van der Waals surface area contributed by atoms with Gasteiger partial charge in [0.1, 0.15) is 5.75 Å². The van der Waals surface area contributed by atoms with Crippen LogP contribution in [-0.2, 0) is 4.79 Å². The molecule has 0 bridgehead atoms. The summed E-state index contributed by atoms with van der Waals surface area (Å²) in [4.78, 5) is 24.0. The van der Waals surface area contributed by atoms with Crippen LogP contribution in [0.5, 0.6) is 5.75 Å². The molecule has 126 valence electrons. The van der Waals surface area contributed by atoms with Gasteiger partial charge >= 0.3 is 0 Å². The molecule has 0 saturated heterocycles. The minimum Gasteiger partial charge on any atom is -0.496 e. The fourth-order valence-electron chi connectivity index (χ4n) is 2.91. The third kappa shape index (κ3) is 5.13. The molecule has 5 nitrogen and oxygen atoms in total. The maximum absolute atomic E-state index is 12.2. The summed E-state index contributed by atoms with van der Waals surface area (Å²) in [6, 6.07) is 5.05. The smallest absolute Gasteiger partial charge is 0.256 e. The van der Waals surface area contributed by atoms with Gasteiger partial charge in [-0.15, -0.1) is 0 Å². The molecule has 23 heavy (non-hydrogen) atoms. The predicted octanol–water partition coefficient (Wildman–Crippen LogP) is 2.77. The molecule has 0 atom stereocenters. The number of nitrogens with one attached hydrogen (secondary N) is 2. The largest absolute Gasteiger partial charge is 0.496 e. The monoisotopic (exact) mass is 338 g/mol. The Balaban J connectivity index is 1.73. The van der Waals surface area contributed by atoms with Gasteiger partial charge in [-0.25, -0.2) is 0 Å². The molecule has 1 fully saturated rings. The van der Waals surface area contributed by atoms with Crippen LogP contribution in [0.2, 0.25) is 5.02 Å². The summed E-state index contributed by atoms with van der Waals surface area (Å²) in [5.74, 6) is 0.705. The van der Waals surface area contributed by atoms with Crippen molar-refractivity contribution in [3.05, 3.63) is 28.8 Å². The van der Waals surface area contributed by atoms with E-state index < -0.39 is 0 Å². The Hall–Kier alpha value is -1.75. The van der Waals surface area contributed by atoms with E-state index in [1.807, 2.05) is 0 Å². The molecule has 2 rings (SSSR count). The van der Waals surface area contributed by atoms with Crippen molar-refractivity contribution in [2.75, 3.05) is 20.2 Å². The van der Waals surface area contributed by atoms with Crippen LogP contribution in [0.4, 0.5) is 0 Å². The van der Waals surface area contributed by atoms with E-state index in [1.165, 1.54) is 20.0 Å². The Morgan fingerprint density at radius 2 is 1.91 bits per heavy atom. The molecule has 1 aromatic carbocycles. The first-order valence-corrected chi connectivity index (χ1v) is 8.37. The normalized spacial score (nSPS) is 14.5. The highest BCUT2D eigenvalue weighted by Gasteiger charge is 2.18. The predicted molar refractivity (Wildman–Crippen MR) is 89.9 cm³/mol. The van der Waals surface area contributed by atoms with Crippen molar-refractivity contribution in [1.29, 1.82) is 0 Å². The second-order valence-corrected chi connectivity index (χ2v) is 6.18. The first kappa shape index (κ1) is 17.6. The first-order valence-electron chi connectivity index (χ1n) is 7.99. The summed E-state index contributed by atoms with van der Waals surface area (Å²) in [5, 5.41) is 5.93. The van der Waals surface area contributed by atoms with Crippen molar-refractivity contribution >= 4 is 23.4 Å². The summed E-state index contributed by atoms with van der Waals surface area (Å²) >= 11 is 6.05.